The average molecular weight is 479 g/mol. The van der Waals surface area contributed by atoms with Crippen molar-refractivity contribution in [1.82, 2.24) is 5.32 Å². The molecule has 0 unspecified atom stereocenters. The maximum absolute atomic E-state index is 11.9. The van der Waals surface area contributed by atoms with Gasteiger partial charge in [-0.1, -0.05) is 15.9 Å². The van der Waals surface area contributed by atoms with Gasteiger partial charge in [0.1, 0.15) is 0 Å². The predicted octanol–water partition coefficient (Wildman–Crippen LogP) is 2.64. The summed E-state index contributed by atoms with van der Waals surface area (Å²) in [4.78, 5) is 11.9. The Hall–Kier alpha value is 0.0400. The largest absolute Gasteiger partial charge is 0.748 e. The highest BCUT2D eigenvalue weighted by molar-refractivity contribution is 9.13. The number of hydrogen-bond donors (Lipinski definition) is 1. The highest BCUT2D eigenvalue weighted by atomic mass is 79.9. The van der Waals surface area contributed by atoms with Gasteiger partial charge in [0.15, 0.2) is 0 Å². The normalized spacial score (nSPS) is 11.4. The van der Waals surface area contributed by atoms with E-state index in [0.717, 1.165) is 4.47 Å². The second-order valence-corrected chi connectivity index (χ2v) is 7.71. The van der Waals surface area contributed by atoms with Crippen molar-refractivity contribution in [2.45, 2.75) is 6.42 Å². The average Bonchev–Trinajstić information content (AvgIpc) is 2.27. The topological polar surface area (TPSA) is 86.3 Å². The first-order valence-electron chi connectivity index (χ1n) is 5.07. The molecule has 0 aromatic heterocycles. The van der Waals surface area contributed by atoms with Crippen LogP contribution in [0.1, 0.15) is 16.8 Å². The van der Waals surface area contributed by atoms with E-state index in [-0.39, 0.29) is 18.9 Å². The summed E-state index contributed by atoms with van der Waals surface area (Å²) < 4.78 is 33.3. The lowest BCUT2D eigenvalue weighted by atomic mass is 10.2. The Morgan fingerprint density at radius 1 is 1.26 bits per heavy atom. The molecule has 0 spiro atoms. The Labute approximate surface area is 136 Å². The predicted molar refractivity (Wildman–Crippen MR) is 81.1 cm³/mol. The third kappa shape index (κ3) is 5.90. The molecule has 0 heterocycles. The highest BCUT2D eigenvalue weighted by Crippen LogP contribution is 2.30. The van der Waals surface area contributed by atoms with Crippen molar-refractivity contribution in [2.24, 2.45) is 0 Å². The number of rotatable bonds is 5. The number of halogens is 3. The van der Waals surface area contributed by atoms with Gasteiger partial charge in [0.25, 0.3) is 5.91 Å². The number of hydrogen-bond acceptors (Lipinski definition) is 4. The van der Waals surface area contributed by atoms with Crippen LogP contribution in [0.4, 0.5) is 0 Å². The summed E-state index contributed by atoms with van der Waals surface area (Å²) in [6, 6.07) is 3.42. The quantitative estimate of drug-likeness (QED) is 0.400. The van der Waals surface area contributed by atoms with E-state index in [9.17, 15) is 17.8 Å². The molecule has 0 saturated heterocycles. The van der Waals surface area contributed by atoms with Crippen molar-refractivity contribution >= 4 is 63.8 Å². The van der Waals surface area contributed by atoms with Crippen molar-refractivity contribution in [2.75, 3.05) is 12.3 Å². The second kappa shape index (κ2) is 7.16. The minimum absolute atomic E-state index is 0.0877. The number of benzene rings is 1. The van der Waals surface area contributed by atoms with Gasteiger partial charge in [-0.05, 0) is 50.4 Å². The van der Waals surface area contributed by atoms with Crippen LogP contribution in [0.15, 0.2) is 25.6 Å². The molecule has 0 bridgehead atoms. The van der Waals surface area contributed by atoms with Crippen LogP contribution in [0.3, 0.4) is 0 Å². The SMILES string of the molecule is O=C(NCCCS(=O)(=O)[O-])c1cc(Br)cc(Br)c1Br. The van der Waals surface area contributed by atoms with Crippen LogP contribution in [0.2, 0.25) is 0 Å². The lowest BCUT2D eigenvalue weighted by Gasteiger charge is -2.10. The van der Waals surface area contributed by atoms with Gasteiger partial charge >= 0.3 is 0 Å². The van der Waals surface area contributed by atoms with Crippen LogP contribution in [-0.4, -0.2) is 31.2 Å². The molecule has 19 heavy (non-hydrogen) atoms. The van der Waals surface area contributed by atoms with Crippen molar-refractivity contribution in [3.8, 4) is 0 Å². The van der Waals surface area contributed by atoms with Gasteiger partial charge < -0.3 is 9.87 Å². The Morgan fingerprint density at radius 2 is 1.89 bits per heavy atom. The number of carbonyl (C=O) groups excluding carboxylic acids is 1. The van der Waals surface area contributed by atoms with E-state index < -0.39 is 15.9 Å². The maximum atomic E-state index is 11.9. The minimum Gasteiger partial charge on any atom is -0.748 e. The summed E-state index contributed by atoms with van der Waals surface area (Å²) in [6.07, 6.45) is 0.0877. The molecule has 0 atom stereocenters. The van der Waals surface area contributed by atoms with E-state index >= 15 is 0 Å². The number of nitrogens with one attached hydrogen (secondary N) is 1. The molecule has 0 aliphatic carbocycles. The van der Waals surface area contributed by atoms with Gasteiger partial charge in [-0.2, -0.15) is 0 Å². The molecule has 0 aliphatic rings. The zero-order valence-corrected chi connectivity index (χ0v) is 15.0. The van der Waals surface area contributed by atoms with Crippen LogP contribution >= 0.6 is 47.8 Å². The summed E-state index contributed by atoms with van der Waals surface area (Å²) in [6.45, 7) is 0.122. The summed E-state index contributed by atoms with van der Waals surface area (Å²) in [5, 5.41) is 2.55. The van der Waals surface area contributed by atoms with Crippen LogP contribution in [0, 0.1) is 0 Å². The van der Waals surface area contributed by atoms with E-state index in [1.807, 2.05) is 0 Å². The van der Waals surface area contributed by atoms with E-state index in [2.05, 4.69) is 53.1 Å². The fourth-order valence-corrected chi connectivity index (χ4v) is 3.40. The molecule has 1 amide bonds. The molecule has 1 aromatic rings. The Kier molecular flexibility index (Phi) is 6.44. The molecule has 0 fully saturated rings. The summed E-state index contributed by atoms with van der Waals surface area (Å²) >= 11 is 9.85. The van der Waals surface area contributed by atoms with Crippen LogP contribution in [0.5, 0.6) is 0 Å². The monoisotopic (exact) mass is 476 g/mol. The second-order valence-electron chi connectivity index (χ2n) is 3.62. The van der Waals surface area contributed by atoms with Gasteiger partial charge in [0, 0.05) is 25.7 Å². The standard InChI is InChI=1S/C10H10Br3NO4S/c11-6-4-7(9(13)8(12)5-6)10(15)14-2-1-3-19(16,17)18/h4-5H,1-3H2,(H,14,15)(H,16,17,18)/p-1. The first kappa shape index (κ1) is 17.1. The number of carbonyl (C=O) groups is 1. The molecule has 0 saturated carbocycles. The summed E-state index contributed by atoms with van der Waals surface area (Å²) in [5.41, 5.74) is 0.409. The molecule has 1 N–H and O–H groups in total. The van der Waals surface area contributed by atoms with Gasteiger partial charge in [-0.15, -0.1) is 0 Å². The van der Waals surface area contributed by atoms with Gasteiger partial charge in [-0.25, -0.2) is 8.42 Å². The molecule has 9 heteroatoms. The molecular weight excluding hydrogens is 470 g/mol. The number of amides is 1. The lowest BCUT2D eigenvalue weighted by molar-refractivity contribution is 0.0952. The summed E-state index contributed by atoms with van der Waals surface area (Å²) in [7, 11) is -4.23. The Morgan fingerprint density at radius 3 is 2.47 bits per heavy atom. The zero-order valence-electron chi connectivity index (χ0n) is 9.45. The highest BCUT2D eigenvalue weighted by Gasteiger charge is 2.13. The van der Waals surface area contributed by atoms with Crippen molar-refractivity contribution in [1.29, 1.82) is 0 Å². The van der Waals surface area contributed by atoms with Crippen LogP contribution < -0.4 is 5.32 Å². The molecule has 0 aliphatic heterocycles. The molecule has 1 rings (SSSR count). The minimum atomic E-state index is -4.23. The van der Waals surface area contributed by atoms with Gasteiger partial charge in [0.2, 0.25) is 0 Å². The molecule has 5 nitrogen and oxygen atoms in total. The smallest absolute Gasteiger partial charge is 0.252 e. The van der Waals surface area contributed by atoms with Crippen LogP contribution in [0.25, 0.3) is 0 Å². The van der Waals surface area contributed by atoms with Crippen LogP contribution in [-0.2, 0) is 10.1 Å². The van der Waals surface area contributed by atoms with E-state index in [0.29, 0.717) is 14.5 Å². The first-order chi connectivity index (χ1) is 8.70. The van der Waals surface area contributed by atoms with E-state index in [4.69, 9.17) is 0 Å². The Balaban J connectivity index is 2.64. The molecular formula is C10H9Br3NO4S-. The molecule has 0 radical (unpaired) electrons. The third-order valence-corrected chi connectivity index (χ3v) is 5.35. The first-order valence-corrected chi connectivity index (χ1v) is 9.02. The van der Waals surface area contributed by atoms with Crippen molar-refractivity contribution < 1.29 is 17.8 Å². The zero-order chi connectivity index (χ0) is 14.6. The maximum Gasteiger partial charge on any atom is 0.252 e. The van der Waals surface area contributed by atoms with Gasteiger partial charge in [-0.3, -0.25) is 4.79 Å². The lowest BCUT2D eigenvalue weighted by Crippen LogP contribution is -2.26. The fraction of sp³-hybridized carbons (Fsp3) is 0.300. The molecule has 106 valence electrons. The van der Waals surface area contributed by atoms with E-state index in [1.165, 1.54) is 0 Å². The molecule has 1 aromatic carbocycles. The van der Waals surface area contributed by atoms with E-state index in [1.54, 1.807) is 12.1 Å². The fourth-order valence-electron chi connectivity index (χ4n) is 1.27. The van der Waals surface area contributed by atoms with Gasteiger partial charge in [0.05, 0.1) is 15.7 Å². The third-order valence-electron chi connectivity index (χ3n) is 2.09. The summed E-state index contributed by atoms with van der Waals surface area (Å²) in [5.74, 6) is -0.839. The van der Waals surface area contributed by atoms with Crippen molar-refractivity contribution in [3.63, 3.8) is 0 Å². The van der Waals surface area contributed by atoms with Crippen molar-refractivity contribution in [3.05, 3.63) is 31.1 Å². The Bertz CT molecular complexity index is 589.